The van der Waals surface area contributed by atoms with Gasteiger partial charge < -0.3 is 10.6 Å². The third kappa shape index (κ3) is 4.17. The molecule has 5 nitrogen and oxygen atoms in total. The summed E-state index contributed by atoms with van der Waals surface area (Å²) < 4.78 is 0. The second kappa shape index (κ2) is 7.52. The Labute approximate surface area is 154 Å². The van der Waals surface area contributed by atoms with Gasteiger partial charge in [0, 0.05) is 11.4 Å². The minimum absolute atomic E-state index is 0.0208. The molecule has 5 heteroatoms. The first-order valence-corrected chi connectivity index (χ1v) is 8.88. The van der Waals surface area contributed by atoms with E-state index in [1.54, 1.807) is 6.20 Å². The predicted molar refractivity (Wildman–Crippen MR) is 107 cm³/mol. The Morgan fingerprint density at radius 2 is 1.58 bits per heavy atom. The van der Waals surface area contributed by atoms with Crippen molar-refractivity contribution in [2.75, 3.05) is 10.6 Å². The predicted octanol–water partition coefficient (Wildman–Crippen LogP) is 5.22. The van der Waals surface area contributed by atoms with Crippen LogP contribution in [0, 0.1) is 0 Å². The standard InChI is InChI=1S/C21H25N5/c1-5-15-10-6-8-12-17(15)23-19-14-22-26-20(25-19)24-18-13-9-7-11-16(18)21(2,3)4/h6-14H,5H2,1-4H3,(H2,23,24,25,26). The second-order valence-corrected chi connectivity index (χ2v) is 7.22. The first kappa shape index (κ1) is 17.9. The average molecular weight is 347 g/mol. The van der Waals surface area contributed by atoms with Gasteiger partial charge in [-0.25, -0.2) is 0 Å². The monoisotopic (exact) mass is 347 g/mol. The smallest absolute Gasteiger partial charge is 0.249 e. The number of anilines is 4. The highest BCUT2D eigenvalue weighted by Crippen LogP contribution is 2.30. The van der Waals surface area contributed by atoms with Crippen LogP contribution < -0.4 is 10.6 Å². The molecule has 3 aromatic rings. The van der Waals surface area contributed by atoms with Crippen molar-refractivity contribution in [1.29, 1.82) is 0 Å². The minimum Gasteiger partial charge on any atom is -0.339 e. The summed E-state index contributed by atoms with van der Waals surface area (Å²) in [6, 6.07) is 16.4. The third-order valence-electron chi connectivity index (χ3n) is 4.20. The molecule has 0 bridgehead atoms. The summed E-state index contributed by atoms with van der Waals surface area (Å²) >= 11 is 0. The van der Waals surface area contributed by atoms with Gasteiger partial charge in [-0.1, -0.05) is 64.1 Å². The highest BCUT2D eigenvalue weighted by Gasteiger charge is 2.18. The lowest BCUT2D eigenvalue weighted by atomic mass is 9.86. The van der Waals surface area contributed by atoms with Crippen LogP contribution in [0.2, 0.25) is 0 Å². The topological polar surface area (TPSA) is 62.7 Å². The van der Waals surface area contributed by atoms with E-state index in [1.165, 1.54) is 11.1 Å². The van der Waals surface area contributed by atoms with Crippen molar-refractivity contribution in [3.63, 3.8) is 0 Å². The molecule has 134 valence electrons. The van der Waals surface area contributed by atoms with E-state index < -0.39 is 0 Å². The fourth-order valence-corrected chi connectivity index (χ4v) is 2.87. The molecule has 0 aliphatic carbocycles. The maximum atomic E-state index is 4.57. The van der Waals surface area contributed by atoms with Crippen molar-refractivity contribution in [2.24, 2.45) is 0 Å². The van der Waals surface area contributed by atoms with Crippen LogP contribution in [0.15, 0.2) is 54.7 Å². The molecular formula is C21H25N5. The lowest BCUT2D eigenvalue weighted by Gasteiger charge is -2.22. The summed E-state index contributed by atoms with van der Waals surface area (Å²) in [6.45, 7) is 8.69. The summed E-state index contributed by atoms with van der Waals surface area (Å²) in [7, 11) is 0. The summed E-state index contributed by atoms with van der Waals surface area (Å²) in [5.74, 6) is 1.14. The Kier molecular flexibility index (Phi) is 5.16. The van der Waals surface area contributed by atoms with E-state index in [4.69, 9.17) is 0 Å². The Morgan fingerprint density at radius 1 is 0.885 bits per heavy atom. The largest absolute Gasteiger partial charge is 0.339 e. The lowest BCUT2D eigenvalue weighted by Crippen LogP contribution is -2.14. The van der Waals surface area contributed by atoms with Crippen LogP contribution in [-0.2, 0) is 11.8 Å². The molecule has 0 radical (unpaired) electrons. The number of rotatable bonds is 5. The van der Waals surface area contributed by atoms with Crippen molar-refractivity contribution >= 4 is 23.1 Å². The van der Waals surface area contributed by atoms with Crippen LogP contribution in [0.5, 0.6) is 0 Å². The number of nitrogens with zero attached hydrogens (tertiary/aromatic N) is 3. The van der Waals surface area contributed by atoms with Crippen LogP contribution in [0.4, 0.5) is 23.1 Å². The zero-order chi connectivity index (χ0) is 18.6. The highest BCUT2D eigenvalue weighted by atomic mass is 15.3. The number of benzene rings is 2. The molecule has 0 spiro atoms. The maximum absolute atomic E-state index is 4.57. The first-order valence-electron chi connectivity index (χ1n) is 8.88. The van der Waals surface area contributed by atoms with Crippen LogP contribution >= 0.6 is 0 Å². The van der Waals surface area contributed by atoms with Crippen molar-refractivity contribution in [3.8, 4) is 0 Å². The summed E-state index contributed by atoms with van der Waals surface area (Å²) in [6.07, 6.45) is 2.58. The molecule has 0 saturated heterocycles. The van der Waals surface area contributed by atoms with Gasteiger partial charge in [0.25, 0.3) is 0 Å². The van der Waals surface area contributed by atoms with Gasteiger partial charge in [-0.05, 0) is 35.1 Å². The van der Waals surface area contributed by atoms with E-state index in [1.807, 2.05) is 36.4 Å². The Hall–Kier alpha value is -2.95. The SMILES string of the molecule is CCc1ccccc1Nc1cnnc(Nc2ccccc2C(C)(C)C)n1. The Morgan fingerprint density at radius 3 is 2.31 bits per heavy atom. The molecule has 0 aliphatic heterocycles. The van der Waals surface area contributed by atoms with E-state index in [0.29, 0.717) is 11.8 Å². The van der Waals surface area contributed by atoms with Gasteiger partial charge in [-0.2, -0.15) is 10.1 Å². The van der Waals surface area contributed by atoms with Gasteiger partial charge in [0.15, 0.2) is 5.82 Å². The fourth-order valence-electron chi connectivity index (χ4n) is 2.87. The van der Waals surface area contributed by atoms with Gasteiger partial charge in [-0.15, -0.1) is 5.10 Å². The molecule has 0 unspecified atom stereocenters. The number of hydrogen-bond acceptors (Lipinski definition) is 5. The van der Waals surface area contributed by atoms with Gasteiger partial charge in [0.1, 0.15) is 0 Å². The Balaban J connectivity index is 1.85. The highest BCUT2D eigenvalue weighted by molar-refractivity contribution is 5.63. The molecular weight excluding hydrogens is 322 g/mol. The van der Waals surface area contributed by atoms with Gasteiger partial charge >= 0.3 is 0 Å². The lowest BCUT2D eigenvalue weighted by molar-refractivity contribution is 0.592. The molecule has 0 atom stereocenters. The minimum atomic E-state index is 0.0208. The number of nitrogens with one attached hydrogen (secondary N) is 2. The van der Waals surface area contributed by atoms with E-state index in [2.05, 4.69) is 65.6 Å². The first-order chi connectivity index (χ1) is 12.5. The quantitative estimate of drug-likeness (QED) is 0.662. The normalized spacial score (nSPS) is 11.2. The van der Waals surface area contributed by atoms with Gasteiger partial charge in [0.05, 0.1) is 6.20 Å². The molecule has 0 amide bonds. The Bertz CT molecular complexity index is 883. The third-order valence-corrected chi connectivity index (χ3v) is 4.20. The number of para-hydroxylation sites is 2. The number of aromatic nitrogens is 3. The molecule has 2 N–H and O–H groups in total. The molecule has 0 saturated carbocycles. The van der Waals surface area contributed by atoms with Gasteiger partial charge in [-0.3, -0.25) is 0 Å². The van der Waals surface area contributed by atoms with Crippen LogP contribution in [0.25, 0.3) is 0 Å². The van der Waals surface area contributed by atoms with Crippen LogP contribution in [-0.4, -0.2) is 15.2 Å². The number of hydrogen-bond donors (Lipinski definition) is 2. The van der Waals surface area contributed by atoms with Crippen LogP contribution in [0.3, 0.4) is 0 Å². The molecule has 2 aromatic carbocycles. The van der Waals surface area contributed by atoms with Crippen molar-refractivity contribution in [3.05, 3.63) is 65.9 Å². The zero-order valence-electron chi connectivity index (χ0n) is 15.7. The maximum Gasteiger partial charge on any atom is 0.249 e. The summed E-state index contributed by atoms with van der Waals surface area (Å²) in [5.41, 5.74) is 4.49. The summed E-state index contributed by atoms with van der Waals surface area (Å²) in [5, 5.41) is 14.9. The average Bonchev–Trinajstić information content (AvgIpc) is 2.62. The van der Waals surface area contributed by atoms with Crippen LogP contribution in [0.1, 0.15) is 38.8 Å². The van der Waals surface area contributed by atoms with Crippen molar-refractivity contribution in [1.82, 2.24) is 15.2 Å². The van der Waals surface area contributed by atoms with E-state index >= 15 is 0 Å². The van der Waals surface area contributed by atoms with E-state index in [9.17, 15) is 0 Å². The zero-order valence-corrected chi connectivity index (χ0v) is 15.7. The molecule has 0 aliphatic rings. The molecule has 1 aromatic heterocycles. The molecule has 0 fully saturated rings. The fraction of sp³-hybridized carbons (Fsp3) is 0.286. The summed E-state index contributed by atoms with van der Waals surface area (Å²) in [4.78, 5) is 4.57. The molecule has 3 rings (SSSR count). The van der Waals surface area contributed by atoms with Gasteiger partial charge in [0.2, 0.25) is 5.95 Å². The van der Waals surface area contributed by atoms with Crippen molar-refractivity contribution < 1.29 is 0 Å². The van der Waals surface area contributed by atoms with Crippen molar-refractivity contribution in [2.45, 2.75) is 39.5 Å². The molecule has 1 heterocycles. The van der Waals surface area contributed by atoms with E-state index in [0.717, 1.165) is 17.8 Å². The van der Waals surface area contributed by atoms with E-state index in [-0.39, 0.29) is 5.41 Å². The molecule has 26 heavy (non-hydrogen) atoms. The number of aryl methyl sites for hydroxylation is 1. The second-order valence-electron chi connectivity index (χ2n) is 7.22.